The molecule has 0 aliphatic rings. The van der Waals surface area contributed by atoms with E-state index >= 15 is 0 Å². The smallest absolute Gasteiger partial charge is 0.355 e. The lowest BCUT2D eigenvalue weighted by atomic mass is 10.0. The third-order valence-electron chi connectivity index (χ3n) is 5.25. The minimum Gasteiger partial charge on any atom is -0.461 e. The predicted molar refractivity (Wildman–Crippen MR) is 123 cm³/mol. The first-order valence-corrected chi connectivity index (χ1v) is 10.6. The topological polar surface area (TPSA) is 31.2 Å². The van der Waals surface area contributed by atoms with E-state index in [0.29, 0.717) is 23.9 Å². The number of fused-ring (bicyclic) bond motifs is 1. The lowest BCUT2D eigenvalue weighted by molar-refractivity contribution is 0.0515. The maximum absolute atomic E-state index is 13.1. The van der Waals surface area contributed by atoms with Gasteiger partial charge in [0.05, 0.1) is 6.61 Å². The number of hydrogen-bond donors (Lipinski definition) is 0. The molecule has 4 aromatic rings. The van der Waals surface area contributed by atoms with Crippen LogP contribution in [0.2, 0.25) is 5.02 Å². The fourth-order valence-corrected chi connectivity index (χ4v) is 4.13. The third-order valence-corrected chi connectivity index (χ3v) is 5.48. The van der Waals surface area contributed by atoms with Crippen LogP contribution in [0.15, 0.2) is 78.9 Å². The van der Waals surface area contributed by atoms with Gasteiger partial charge in [-0.1, -0.05) is 72.3 Å². The van der Waals surface area contributed by atoms with Gasteiger partial charge in [-0.05, 0) is 49.1 Å². The second kappa shape index (κ2) is 9.19. The molecule has 0 saturated heterocycles. The molecule has 1 heterocycles. The monoisotopic (exact) mass is 417 g/mol. The minimum atomic E-state index is -0.302. The Morgan fingerprint density at radius 2 is 1.67 bits per heavy atom. The number of aromatic nitrogens is 1. The molecule has 4 rings (SSSR count). The SMILES string of the molecule is CCOC(=O)c1c(-c2ccccc2)c2cc(Cl)ccc2n1CCCc1ccccc1. The van der Waals surface area contributed by atoms with Crippen molar-refractivity contribution in [2.45, 2.75) is 26.3 Å². The minimum absolute atomic E-state index is 0.302. The molecule has 0 aliphatic carbocycles. The van der Waals surface area contributed by atoms with Crippen LogP contribution in [0.4, 0.5) is 0 Å². The van der Waals surface area contributed by atoms with Crippen molar-refractivity contribution in [3.05, 3.63) is 95.1 Å². The summed E-state index contributed by atoms with van der Waals surface area (Å²) in [7, 11) is 0. The van der Waals surface area contributed by atoms with Crippen LogP contribution in [0, 0.1) is 0 Å². The summed E-state index contributed by atoms with van der Waals surface area (Å²) in [6, 6.07) is 26.2. The molecule has 0 fully saturated rings. The average Bonchev–Trinajstić information content (AvgIpc) is 3.09. The van der Waals surface area contributed by atoms with Gasteiger partial charge in [0.1, 0.15) is 5.69 Å². The molecule has 4 heteroatoms. The lowest BCUT2D eigenvalue weighted by Gasteiger charge is -2.12. The van der Waals surface area contributed by atoms with E-state index in [1.807, 2.05) is 61.5 Å². The fraction of sp³-hybridized carbons (Fsp3) is 0.192. The number of rotatable bonds is 7. The van der Waals surface area contributed by atoms with Crippen LogP contribution in [-0.2, 0) is 17.7 Å². The van der Waals surface area contributed by atoms with E-state index in [4.69, 9.17) is 16.3 Å². The molecule has 0 spiro atoms. The molecule has 30 heavy (non-hydrogen) atoms. The predicted octanol–water partition coefficient (Wildman–Crippen LogP) is 6.77. The van der Waals surface area contributed by atoms with Crippen molar-refractivity contribution in [2.24, 2.45) is 0 Å². The molecule has 0 aliphatic heterocycles. The van der Waals surface area contributed by atoms with Crippen LogP contribution in [0.1, 0.15) is 29.4 Å². The van der Waals surface area contributed by atoms with Crippen molar-refractivity contribution in [1.82, 2.24) is 4.57 Å². The van der Waals surface area contributed by atoms with Crippen molar-refractivity contribution in [3.63, 3.8) is 0 Å². The largest absolute Gasteiger partial charge is 0.461 e. The zero-order valence-electron chi connectivity index (χ0n) is 17.0. The van der Waals surface area contributed by atoms with Gasteiger partial charge in [0.2, 0.25) is 0 Å². The maximum atomic E-state index is 13.1. The second-order valence-corrected chi connectivity index (χ2v) is 7.65. The molecule has 3 aromatic carbocycles. The van der Waals surface area contributed by atoms with Crippen LogP contribution in [0.25, 0.3) is 22.0 Å². The molecule has 3 nitrogen and oxygen atoms in total. The Kier molecular flexibility index (Phi) is 6.20. The number of hydrogen-bond acceptors (Lipinski definition) is 2. The summed E-state index contributed by atoms with van der Waals surface area (Å²) in [4.78, 5) is 13.1. The first-order chi connectivity index (χ1) is 14.7. The highest BCUT2D eigenvalue weighted by Crippen LogP contribution is 2.37. The molecule has 152 valence electrons. The molecule has 1 aromatic heterocycles. The summed E-state index contributed by atoms with van der Waals surface area (Å²) in [5.41, 5.74) is 4.74. The molecule has 0 radical (unpaired) electrons. The summed E-state index contributed by atoms with van der Waals surface area (Å²) in [6.07, 6.45) is 1.86. The summed E-state index contributed by atoms with van der Waals surface area (Å²) in [5, 5.41) is 1.62. The van der Waals surface area contributed by atoms with E-state index in [1.165, 1.54) is 5.56 Å². The quantitative estimate of drug-likeness (QED) is 0.310. The van der Waals surface area contributed by atoms with E-state index in [0.717, 1.165) is 34.9 Å². The van der Waals surface area contributed by atoms with Gasteiger partial charge in [0.25, 0.3) is 0 Å². The van der Waals surface area contributed by atoms with E-state index in [-0.39, 0.29) is 5.97 Å². The van der Waals surface area contributed by atoms with Gasteiger partial charge in [-0.2, -0.15) is 0 Å². The fourth-order valence-electron chi connectivity index (χ4n) is 3.95. The van der Waals surface area contributed by atoms with Crippen LogP contribution >= 0.6 is 11.6 Å². The van der Waals surface area contributed by atoms with Gasteiger partial charge in [0, 0.05) is 28.0 Å². The van der Waals surface area contributed by atoms with Crippen molar-refractivity contribution >= 4 is 28.5 Å². The van der Waals surface area contributed by atoms with Crippen LogP contribution < -0.4 is 0 Å². The first kappa shape index (κ1) is 20.2. The molecule has 0 bridgehead atoms. The summed E-state index contributed by atoms with van der Waals surface area (Å²) in [5.74, 6) is -0.302. The number of carbonyl (C=O) groups is 1. The van der Waals surface area contributed by atoms with E-state index in [9.17, 15) is 4.79 Å². The highest BCUT2D eigenvalue weighted by atomic mass is 35.5. The summed E-state index contributed by atoms with van der Waals surface area (Å²) < 4.78 is 7.55. The number of benzene rings is 3. The zero-order chi connectivity index (χ0) is 20.9. The molecule has 0 N–H and O–H groups in total. The number of carbonyl (C=O) groups excluding carboxylic acids is 1. The molecule has 0 amide bonds. The van der Waals surface area contributed by atoms with Gasteiger partial charge in [-0.25, -0.2) is 4.79 Å². The first-order valence-electron chi connectivity index (χ1n) is 10.3. The average molecular weight is 418 g/mol. The maximum Gasteiger partial charge on any atom is 0.355 e. The van der Waals surface area contributed by atoms with Gasteiger partial charge in [0.15, 0.2) is 0 Å². The van der Waals surface area contributed by atoms with Crippen LogP contribution in [-0.4, -0.2) is 17.1 Å². The number of esters is 1. The van der Waals surface area contributed by atoms with E-state index in [1.54, 1.807) is 0 Å². The summed E-state index contributed by atoms with van der Waals surface area (Å²) in [6.45, 7) is 2.88. The highest BCUT2D eigenvalue weighted by molar-refractivity contribution is 6.31. The normalized spacial score (nSPS) is 11.0. The number of ether oxygens (including phenoxy) is 1. The van der Waals surface area contributed by atoms with Crippen molar-refractivity contribution in [2.75, 3.05) is 6.61 Å². The number of nitrogens with zero attached hydrogens (tertiary/aromatic N) is 1. The van der Waals surface area contributed by atoms with Crippen molar-refractivity contribution in [3.8, 4) is 11.1 Å². The zero-order valence-corrected chi connectivity index (χ0v) is 17.7. The van der Waals surface area contributed by atoms with Gasteiger partial charge in [-0.15, -0.1) is 0 Å². The molecule has 0 atom stereocenters. The van der Waals surface area contributed by atoms with Crippen LogP contribution in [0.3, 0.4) is 0 Å². The van der Waals surface area contributed by atoms with Crippen molar-refractivity contribution in [1.29, 1.82) is 0 Å². The Morgan fingerprint density at radius 1 is 0.967 bits per heavy atom. The summed E-state index contributed by atoms with van der Waals surface area (Å²) >= 11 is 6.34. The van der Waals surface area contributed by atoms with Gasteiger partial charge < -0.3 is 9.30 Å². The Labute approximate surface area is 181 Å². The Bertz CT molecular complexity index is 1150. The van der Waals surface area contributed by atoms with Crippen LogP contribution in [0.5, 0.6) is 0 Å². The van der Waals surface area contributed by atoms with E-state index in [2.05, 4.69) is 28.8 Å². The second-order valence-electron chi connectivity index (χ2n) is 7.21. The van der Waals surface area contributed by atoms with E-state index < -0.39 is 0 Å². The number of halogens is 1. The highest BCUT2D eigenvalue weighted by Gasteiger charge is 2.25. The van der Waals surface area contributed by atoms with Gasteiger partial charge >= 0.3 is 5.97 Å². The number of aryl methyl sites for hydroxylation is 2. The molecule has 0 unspecified atom stereocenters. The standard InChI is InChI=1S/C26H24ClNO2/c1-2-30-26(29)25-24(20-13-7-4-8-14-20)22-18-21(27)15-16-23(22)28(25)17-9-12-19-10-5-3-6-11-19/h3-8,10-11,13-16,18H,2,9,12,17H2,1H3. The Balaban J connectivity index is 1.83. The van der Waals surface area contributed by atoms with Crippen molar-refractivity contribution < 1.29 is 9.53 Å². The molecular formula is C26H24ClNO2. The van der Waals surface area contributed by atoms with Gasteiger partial charge in [-0.3, -0.25) is 0 Å². The lowest BCUT2D eigenvalue weighted by Crippen LogP contribution is -2.14. The Morgan fingerprint density at radius 3 is 2.37 bits per heavy atom. The molecule has 0 saturated carbocycles. The molecular weight excluding hydrogens is 394 g/mol. The third kappa shape index (κ3) is 4.12. The Hall–Kier alpha value is -3.04.